The van der Waals surface area contributed by atoms with E-state index in [0.717, 1.165) is 30.3 Å². The van der Waals surface area contributed by atoms with Crippen LogP contribution in [0.2, 0.25) is 0 Å². The molecular formula is C21H24N4O3. The fourth-order valence-electron chi connectivity index (χ4n) is 3.42. The summed E-state index contributed by atoms with van der Waals surface area (Å²) < 4.78 is 13.2. The van der Waals surface area contributed by atoms with Gasteiger partial charge in [-0.25, -0.2) is 4.98 Å². The fourth-order valence-corrected chi connectivity index (χ4v) is 3.42. The molecule has 3 heterocycles. The lowest BCUT2D eigenvalue weighted by Crippen LogP contribution is -2.43. The highest BCUT2D eigenvalue weighted by Crippen LogP contribution is 2.23. The van der Waals surface area contributed by atoms with E-state index >= 15 is 0 Å². The lowest BCUT2D eigenvalue weighted by Gasteiger charge is -2.33. The van der Waals surface area contributed by atoms with Gasteiger partial charge in [0.1, 0.15) is 11.5 Å². The molecule has 0 aliphatic carbocycles. The second-order valence-corrected chi connectivity index (χ2v) is 6.84. The maximum Gasteiger partial charge on any atom is 0.251 e. The molecule has 0 spiro atoms. The summed E-state index contributed by atoms with van der Waals surface area (Å²) in [5.41, 5.74) is 1.59. The summed E-state index contributed by atoms with van der Waals surface area (Å²) in [4.78, 5) is 19.0. The fraction of sp³-hybridized carbons (Fsp3) is 0.333. The smallest absolute Gasteiger partial charge is 0.251 e. The summed E-state index contributed by atoms with van der Waals surface area (Å²) in [5, 5.41) is 3.06. The average Bonchev–Trinajstić information content (AvgIpc) is 3.41. The summed E-state index contributed by atoms with van der Waals surface area (Å²) in [7, 11) is 0. The first kappa shape index (κ1) is 18.5. The van der Waals surface area contributed by atoms with Gasteiger partial charge in [0, 0.05) is 43.3 Å². The molecule has 2 aromatic heterocycles. The molecule has 1 aliphatic rings. The van der Waals surface area contributed by atoms with Crippen molar-refractivity contribution < 1.29 is 13.9 Å². The van der Waals surface area contributed by atoms with Crippen LogP contribution in [0.15, 0.2) is 59.5 Å². The van der Waals surface area contributed by atoms with Gasteiger partial charge in [-0.05, 0) is 43.3 Å². The number of morpholine rings is 1. The predicted molar refractivity (Wildman–Crippen MR) is 104 cm³/mol. The highest BCUT2D eigenvalue weighted by molar-refractivity contribution is 5.94. The molecule has 1 N–H and O–H groups in total. The van der Waals surface area contributed by atoms with Gasteiger partial charge in [-0.15, -0.1) is 0 Å². The largest absolute Gasteiger partial charge is 0.465 e. The zero-order valence-corrected chi connectivity index (χ0v) is 15.9. The molecular weight excluding hydrogens is 356 g/mol. The zero-order valence-electron chi connectivity index (χ0n) is 15.9. The van der Waals surface area contributed by atoms with Crippen LogP contribution in [-0.2, 0) is 4.74 Å². The number of imidazole rings is 1. The van der Waals surface area contributed by atoms with Crippen molar-refractivity contribution in [2.75, 3.05) is 32.8 Å². The number of benzene rings is 1. The molecule has 1 atom stereocenters. The van der Waals surface area contributed by atoms with E-state index in [2.05, 4.69) is 15.2 Å². The van der Waals surface area contributed by atoms with Crippen molar-refractivity contribution in [2.24, 2.45) is 0 Å². The maximum absolute atomic E-state index is 12.7. The number of amides is 1. The Hall–Kier alpha value is -2.90. The highest BCUT2D eigenvalue weighted by Gasteiger charge is 2.25. The molecule has 0 radical (unpaired) electrons. The van der Waals surface area contributed by atoms with Crippen LogP contribution in [0.3, 0.4) is 0 Å². The van der Waals surface area contributed by atoms with E-state index in [9.17, 15) is 4.79 Å². The summed E-state index contributed by atoms with van der Waals surface area (Å²) in [5.74, 6) is 1.64. The molecule has 1 amide bonds. The van der Waals surface area contributed by atoms with Gasteiger partial charge in [0.25, 0.3) is 5.91 Å². The van der Waals surface area contributed by atoms with Crippen LogP contribution < -0.4 is 5.32 Å². The van der Waals surface area contributed by atoms with Crippen molar-refractivity contribution in [1.29, 1.82) is 0 Å². The first-order valence-corrected chi connectivity index (χ1v) is 9.45. The van der Waals surface area contributed by atoms with Gasteiger partial charge in [-0.1, -0.05) is 0 Å². The second kappa shape index (κ2) is 8.41. The number of nitrogens with one attached hydrogen (secondary N) is 1. The van der Waals surface area contributed by atoms with E-state index in [0.29, 0.717) is 25.3 Å². The van der Waals surface area contributed by atoms with Crippen molar-refractivity contribution in [2.45, 2.75) is 13.0 Å². The molecule has 0 bridgehead atoms. The molecule has 7 heteroatoms. The Bertz CT molecular complexity index is 896. The number of rotatable bonds is 6. The average molecular weight is 380 g/mol. The first-order chi connectivity index (χ1) is 13.7. The van der Waals surface area contributed by atoms with Crippen molar-refractivity contribution in [3.05, 3.63) is 72.2 Å². The standard InChI is InChI=1S/C21H24N4O3/c1-16-2-7-20(28-16)19(24-10-12-27-13-11-24)14-23-21(26)17-3-5-18(6-4-17)25-9-8-22-15-25/h2-9,15,19H,10-14H2,1H3,(H,23,26). The highest BCUT2D eigenvalue weighted by atomic mass is 16.5. The van der Waals surface area contributed by atoms with Crippen molar-refractivity contribution in [3.63, 3.8) is 0 Å². The van der Waals surface area contributed by atoms with Crippen LogP contribution >= 0.6 is 0 Å². The van der Waals surface area contributed by atoms with E-state index in [1.54, 1.807) is 12.5 Å². The molecule has 1 fully saturated rings. The minimum atomic E-state index is -0.0984. The summed E-state index contributed by atoms with van der Waals surface area (Å²) >= 11 is 0. The van der Waals surface area contributed by atoms with Crippen LogP contribution in [0.4, 0.5) is 0 Å². The number of aryl methyl sites for hydroxylation is 1. The van der Waals surface area contributed by atoms with E-state index in [-0.39, 0.29) is 11.9 Å². The number of carbonyl (C=O) groups is 1. The maximum atomic E-state index is 12.7. The van der Waals surface area contributed by atoms with Gasteiger partial charge < -0.3 is 19.0 Å². The Kier molecular flexibility index (Phi) is 5.55. The summed E-state index contributed by atoms with van der Waals surface area (Å²) in [6.45, 7) is 5.44. The van der Waals surface area contributed by atoms with Crippen LogP contribution in [-0.4, -0.2) is 53.2 Å². The minimum absolute atomic E-state index is 0.00762. The quantitative estimate of drug-likeness (QED) is 0.712. The van der Waals surface area contributed by atoms with Crippen LogP contribution in [0.25, 0.3) is 5.69 Å². The molecule has 28 heavy (non-hydrogen) atoms. The Morgan fingerprint density at radius 3 is 2.61 bits per heavy atom. The number of ether oxygens (including phenoxy) is 1. The van der Waals surface area contributed by atoms with Crippen LogP contribution in [0.5, 0.6) is 0 Å². The Labute approximate surface area is 163 Å². The predicted octanol–water partition coefficient (Wildman–Crippen LogP) is 2.58. The second-order valence-electron chi connectivity index (χ2n) is 6.84. The molecule has 7 nitrogen and oxygen atoms in total. The number of hydrogen-bond acceptors (Lipinski definition) is 5. The van der Waals surface area contributed by atoms with Crippen LogP contribution in [0, 0.1) is 6.92 Å². The number of furan rings is 1. The number of nitrogens with zero attached hydrogens (tertiary/aromatic N) is 3. The number of aromatic nitrogens is 2. The third-order valence-electron chi connectivity index (χ3n) is 4.96. The Morgan fingerprint density at radius 2 is 1.96 bits per heavy atom. The number of carbonyl (C=O) groups excluding carboxylic acids is 1. The first-order valence-electron chi connectivity index (χ1n) is 9.45. The third kappa shape index (κ3) is 4.16. The zero-order chi connectivity index (χ0) is 19.3. The lowest BCUT2D eigenvalue weighted by molar-refractivity contribution is 0.0117. The van der Waals surface area contributed by atoms with Gasteiger partial charge in [0.2, 0.25) is 0 Å². The van der Waals surface area contributed by atoms with Gasteiger partial charge in [-0.3, -0.25) is 9.69 Å². The van der Waals surface area contributed by atoms with E-state index in [4.69, 9.17) is 9.15 Å². The van der Waals surface area contributed by atoms with E-state index in [1.165, 1.54) is 0 Å². The molecule has 146 valence electrons. The molecule has 3 aromatic rings. The van der Waals surface area contributed by atoms with Gasteiger partial charge in [-0.2, -0.15) is 0 Å². The van der Waals surface area contributed by atoms with Crippen molar-refractivity contribution in [1.82, 2.24) is 19.8 Å². The SMILES string of the molecule is Cc1ccc(C(CNC(=O)c2ccc(-n3ccnc3)cc2)N2CCOCC2)o1. The monoisotopic (exact) mass is 380 g/mol. The van der Waals surface area contributed by atoms with E-state index in [1.807, 2.05) is 54.1 Å². The molecule has 1 saturated heterocycles. The lowest BCUT2D eigenvalue weighted by atomic mass is 10.1. The molecule has 4 rings (SSSR count). The molecule has 0 saturated carbocycles. The topological polar surface area (TPSA) is 72.5 Å². The summed E-state index contributed by atoms with van der Waals surface area (Å²) in [6.07, 6.45) is 5.32. The summed E-state index contributed by atoms with van der Waals surface area (Å²) in [6, 6.07) is 11.4. The normalized spacial score (nSPS) is 16.0. The molecule has 1 aromatic carbocycles. The van der Waals surface area contributed by atoms with Crippen molar-refractivity contribution in [3.8, 4) is 5.69 Å². The Morgan fingerprint density at radius 1 is 1.18 bits per heavy atom. The Balaban J connectivity index is 1.43. The van der Waals surface area contributed by atoms with Crippen LogP contribution in [0.1, 0.15) is 27.9 Å². The number of hydrogen-bond donors (Lipinski definition) is 1. The third-order valence-corrected chi connectivity index (χ3v) is 4.96. The van der Waals surface area contributed by atoms with E-state index < -0.39 is 0 Å². The molecule has 1 unspecified atom stereocenters. The van der Waals surface area contributed by atoms with Crippen molar-refractivity contribution >= 4 is 5.91 Å². The minimum Gasteiger partial charge on any atom is -0.465 e. The molecule has 1 aliphatic heterocycles. The van der Waals surface area contributed by atoms with Gasteiger partial charge in [0.15, 0.2) is 0 Å². The van der Waals surface area contributed by atoms with Gasteiger partial charge >= 0.3 is 0 Å². The van der Waals surface area contributed by atoms with Gasteiger partial charge in [0.05, 0.1) is 25.6 Å².